The number of hydrogen-bond donors (Lipinski definition) is 2. The van der Waals surface area contributed by atoms with Gasteiger partial charge in [0.25, 0.3) is 0 Å². The Balaban J connectivity index is 3.19. The molecule has 1 aromatic carbocycles. The van der Waals surface area contributed by atoms with Crippen molar-refractivity contribution < 1.29 is 18.0 Å². The number of benzene rings is 1. The van der Waals surface area contributed by atoms with Gasteiger partial charge in [-0.1, -0.05) is 23.2 Å². The number of alkyl halides is 3. The van der Waals surface area contributed by atoms with Gasteiger partial charge in [0.1, 0.15) is 0 Å². The lowest BCUT2D eigenvalue weighted by molar-refractivity contribution is -0.137. The van der Waals surface area contributed by atoms with Crippen LogP contribution in [0.15, 0.2) is 17.2 Å². The number of nitrogens with two attached hydrogens (primary N) is 1. The van der Waals surface area contributed by atoms with Crippen LogP contribution in [0.4, 0.5) is 18.0 Å². The van der Waals surface area contributed by atoms with Crippen molar-refractivity contribution in [3.63, 3.8) is 0 Å². The quantitative estimate of drug-likeness (QED) is 0.640. The van der Waals surface area contributed by atoms with E-state index in [1.165, 1.54) is 0 Å². The Morgan fingerprint density at radius 1 is 1.39 bits per heavy atom. The monoisotopic (exact) mass is 299 g/mol. The van der Waals surface area contributed by atoms with Crippen molar-refractivity contribution in [2.45, 2.75) is 6.18 Å². The normalized spacial score (nSPS) is 11.8. The van der Waals surface area contributed by atoms with Crippen molar-refractivity contribution in [1.29, 1.82) is 0 Å². The molecule has 4 nitrogen and oxygen atoms in total. The lowest BCUT2D eigenvalue weighted by atomic mass is 10.1. The molecule has 0 heterocycles. The summed E-state index contributed by atoms with van der Waals surface area (Å²) in [6, 6.07) is 0.816. The molecule has 0 aliphatic heterocycles. The lowest BCUT2D eigenvalue weighted by Gasteiger charge is -2.11. The van der Waals surface area contributed by atoms with E-state index in [4.69, 9.17) is 28.9 Å². The Kier molecular flexibility index (Phi) is 4.42. The molecule has 3 N–H and O–H groups in total. The Labute approximate surface area is 110 Å². The minimum Gasteiger partial charge on any atom is -0.350 e. The van der Waals surface area contributed by atoms with E-state index in [1.807, 2.05) is 5.43 Å². The van der Waals surface area contributed by atoms with E-state index in [0.717, 1.165) is 18.3 Å². The topological polar surface area (TPSA) is 67.5 Å². The predicted molar refractivity (Wildman–Crippen MR) is 61.8 cm³/mol. The molecule has 0 spiro atoms. The van der Waals surface area contributed by atoms with Crippen LogP contribution < -0.4 is 11.2 Å². The molecule has 9 heteroatoms. The summed E-state index contributed by atoms with van der Waals surface area (Å²) in [7, 11) is 0. The summed E-state index contributed by atoms with van der Waals surface area (Å²) in [6.45, 7) is 0. The second-order valence-electron chi connectivity index (χ2n) is 3.05. The van der Waals surface area contributed by atoms with Crippen molar-refractivity contribution in [2.75, 3.05) is 0 Å². The molecule has 0 saturated carbocycles. The van der Waals surface area contributed by atoms with Crippen LogP contribution >= 0.6 is 23.2 Å². The molecular formula is C9H6Cl2F3N3O. The number of carbonyl (C=O) groups is 1. The summed E-state index contributed by atoms with van der Waals surface area (Å²) < 4.78 is 37.6. The number of hydrazone groups is 1. The Bertz CT molecular complexity index is 503. The van der Waals surface area contributed by atoms with Gasteiger partial charge in [-0.05, 0) is 12.1 Å². The number of nitrogens with zero attached hydrogens (tertiary/aromatic N) is 1. The maximum atomic E-state index is 12.5. The Morgan fingerprint density at radius 3 is 2.50 bits per heavy atom. The van der Waals surface area contributed by atoms with Crippen LogP contribution in [0.5, 0.6) is 0 Å². The third kappa shape index (κ3) is 3.51. The molecule has 98 valence electrons. The lowest BCUT2D eigenvalue weighted by Crippen LogP contribution is -2.24. The van der Waals surface area contributed by atoms with Gasteiger partial charge in [0.05, 0.1) is 21.8 Å². The molecule has 1 rings (SSSR count). The Morgan fingerprint density at radius 2 is 2.00 bits per heavy atom. The van der Waals surface area contributed by atoms with E-state index in [0.29, 0.717) is 0 Å². The number of hydrogen-bond acceptors (Lipinski definition) is 2. The van der Waals surface area contributed by atoms with Crippen LogP contribution in [0.2, 0.25) is 10.0 Å². The van der Waals surface area contributed by atoms with Crippen LogP contribution in [0.1, 0.15) is 11.1 Å². The standard InChI is InChI=1S/C9H6Cl2F3N3O/c10-6-2-1-5(9(12,13)14)7(11)4(6)3-16-17-8(15)18/h1-3H,(H3,15,17,18). The third-order valence-corrected chi connectivity index (χ3v) is 2.54. The molecule has 0 saturated heterocycles. The van der Waals surface area contributed by atoms with E-state index in [-0.39, 0.29) is 10.6 Å². The number of rotatable bonds is 2. The zero-order valence-electron chi connectivity index (χ0n) is 8.55. The van der Waals surface area contributed by atoms with E-state index in [9.17, 15) is 18.0 Å². The first-order chi connectivity index (χ1) is 8.23. The minimum atomic E-state index is -4.61. The number of carbonyl (C=O) groups excluding carboxylic acids is 1. The van der Waals surface area contributed by atoms with Gasteiger partial charge in [-0.25, -0.2) is 10.2 Å². The van der Waals surface area contributed by atoms with Crippen LogP contribution in [0, 0.1) is 0 Å². The van der Waals surface area contributed by atoms with Crippen molar-refractivity contribution in [3.05, 3.63) is 33.3 Å². The summed E-state index contributed by atoms with van der Waals surface area (Å²) in [6.07, 6.45) is -3.73. The first-order valence-electron chi connectivity index (χ1n) is 4.37. The highest BCUT2D eigenvalue weighted by Crippen LogP contribution is 2.38. The molecule has 0 aromatic heterocycles. The number of amides is 2. The number of nitrogens with one attached hydrogen (secondary N) is 1. The highest BCUT2D eigenvalue weighted by Gasteiger charge is 2.34. The summed E-state index contributed by atoms with van der Waals surface area (Å²) in [5.41, 5.74) is 5.33. The average Bonchev–Trinajstić information content (AvgIpc) is 2.20. The van der Waals surface area contributed by atoms with Crippen molar-refractivity contribution in [3.8, 4) is 0 Å². The zero-order valence-corrected chi connectivity index (χ0v) is 10.1. The van der Waals surface area contributed by atoms with Gasteiger partial charge < -0.3 is 5.73 Å². The number of primary amides is 1. The maximum absolute atomic E-state index is 12.5. The second-order valence-corrected chi connectivity index (χ2v) is 3.84. The SMILES string of the molecule is NC(=O)NN=Cc1c(Cl)ccc(C(F)(F)F)c1Cl. The Hall–Kier alpha value is -1.47. The number of halogens is 5. The summed E-state index contributed by atoms with van der Waals surface area (Å²) in [5, 5.41) is 2.65. The molecule has 0 aliphatic carbocycles. The molecule has 0 radical (unpaired) electrons. The fourth-order valence-corrected chi connectivity index (χ4v) is 1.64. The molecular weight excluding hydrogens is 294 g/mol. The van der Waals surface area contributed by atoms with Gasteiger partial charge in [-0.3, -0.25) is 0 Å². The van der Waals surface area contributed by atoms with Crippen LogP contribution in [-0.2, 0) is 6.18 Å². The van der Waals surface area contributed by atoms with E-state index in [1.54, 1.807) is 0 Å². The largest absolute Gasteiger partial charge is 0.417 e. The van der Waals surface area contributed by atoms with Crippen LogP contribution in [0.25, 0.3) is 0 Å². The molecule has 1 aromatic rings. The zero-order chi connectivity index (χ0) is 13.9. The summed E-state index contributed by atoms with van der Waals surface area (Å²) in [5.74, 6) is 0. The molecule has 0 aliphatic rings. The van der Waals surface area contributed by atoms with Crippen LogP contribution in [0.3, 0.4) is 0 Å². The smallest absolute Gasteiger partial charge is 0.350 e. The number of urea groups is 1. The van der Waals surface area contributed by atoms with Crippen molar-refractivity contribution in [2.24, 2.45) is 10.8 Å². The van der Waals surface area contributed by atoms with Gasteiger partial charge in [0.2, 0.25) is 0 Å². The van der Waals surface area contributed by atoms with Gasteiger partial charge in [0.15, 0.2) is 0 Å². The van der Waals surface area contributed by atoms with Gasteiger partial charge >= 0.3 is 12.2 Å². The second kappa shape index (κ2) is 5.45. The van der Waals surface area contributed by atoms with Gasteiger partial charge in [-0.2, -0.15) is 18.3 Å². The van der Waals surface area contributed by atoms with Crippen molar-refractivity contribution in [1.82, 2.24) is 5.43 Å². The van der Waals surface area contributed by atoms with Crippen LogP contribution in [-0.4, -0.2) is 12.2 Å². The molecule has 0 fully saturated rings. The third-order valence-electron chi connectivity index (χ3n) is 1.80. The highest BCUT2D eigenvalue weighted by atomic mass is 35.5. The first kappa shape index (κ1) is 14.6. The molecule has 0 bridgehead atoms. The van der Waals surface area contributed by atoms with Gasteiger partial charge in [0, 0.05) is 5.56 Å². The van der Waals surface area contributed by atoms with E-state index in [2.05, 4.69) is 5.10 Å². The molecule has 0 atom stereocenters. The minimum absolute atomic E-state index is 0.0389. The molecule has 18 heavy (non-hydrogen) atoms. The fraction of sp³-hybridized carbons (Fsp3) is 0.111. The van der Waals surface area contributed by atoms with Gasteiger partial charge in [-0.15, -0.1) is 0 Å². The predicted octanol–water partition coefficient (Wildman–Crippen LogP) is 3.01. The van der Waals surface area contributed by atoms with E-state index < -0.39 is 22.8 Å². The highest BCUT2D eigenvalue weighted by molar-refractivity contribution is 6.39. The summed E-state index contributed by atoms with van der Waals surface area (Å²) >= 11 is 11.3. The molecule has 0 unspecified atom stereocenters. The average molecular weight is 300 g/mol. The molecule has 2 amide bonds. The van der Waals surface area contributed by atoms with Crippen molar-refractivity contribution >= 4 is 35.4 Å². The fourth-order valence-electron chi connectivity index (χ4n) is 1.07. The maximum Gasteiger partial charge on any atom is 0.417 e. The summed E-state index contributed by atoms with van der Waals surface area (Å²) in [4.78, 5) is 10.3. The van der Waals surface area contributed by atoms with E-state index >= 15 is 0 Å². The first-order valence-corrected chi connectivity index (χ1v) is 5.12.